The number of ether oxygens (including phenoxy) is 2. The molecule has 0 saturated heterocycles. The zero-order chi connectivity index (χ0) is 21.4. The van der Waals surface area contributed by atoms with Gasteiger partial charge in [0.25, 0.3) is 0 Å². The lowest BCUT2D eigenvalue weighted by molar-refractivity contribution is 0.0850. The Kier molecular flexibility index (Phi) is 22.8. The average molecular weight is 415 g/mol. The molecule has 3 N–H and O–H groups in total. The molecule has 0 spiro atoms. The van der Waals surface area contributed by atoms with Gasteiger partial charge in [-0.3, -0.25) is 0 Å². The first-order valence-electron chi connectivity index (χ1n) is 12.4. The van der Waals surface area contributed by atoms with Crippen LogP contribution in [0, 0.1) is 0 Å². The van der Waals surface area contributed by atoms with Crippen molar-refractivity contribution in [1.29, 1.82) is 0 Å². The van der Waals surface area contributed by atoms with E-state index in [1.807, 2.05) is 6.92 Å². The molecular formula is C24H50N2O3. The van der Waals surface area contributed by atoms with Crippen molar-refractivity contribution in [3.8, 4) is 0 Å². The fourth-order valence-corrected chi connectivity index (χ4v) is 3.41. The summed E-state index contributed by atoms with van der Waals surface area (Å²) in [6, 6.07) is -0.251. The van der Waals surface area contributed by atoms with Gasteiger partial charge >= 0.3 is 6.09 Å². The van der Waals surface area contributed by atoms with Crippen molar-refractivity contribution >= 4 is 6.09 Å². The largest absolute Gasteiger partial charge is 0.448 e. The van der Waals surface area contributed by atoms with Gasteiger partial charge in [-0.25, -0.2) is 4.79 Å². The molecule has 1 unspecified atom stereocenters. The highest BCUT2D eigenvalue weighted by molar-refractivity contribution is 5.66. The summed E-state index contributed by atoms with van der Waals surface area (Å²) >= 11 is 0. The molecule has 0 aromatic carbocycles. The first-order valence-corrected chi connectivity index (χ1v) is 12.4. The molecule has 29 heavy (non-hydrogen) atoms. The number of hydrogen-bond acceptors (Lipinski definition) is 4. The smallest absolute Gasteiger partial charge is 0.407 e. The average Bonchev–Trinajstić information content (AvgIpc) is 2.71. The molecule has 174 valence electrons. The summed E-state index contributed by atoms with van der Waals surface area (Å²) in [4.78, 5) is 11.2. The van der Waals surface area contributed by atoms with Gasteiger partial charge in [-0.05, 0) is 13.3 Å². The molecular weight excluding hydrogens is 364 g/mol. The molecule has 0 aromatic rings. The Morgan fingerprint density at radius 2 is 1.17 bits per heavy atom. The first kappa shape index (κ1) is 28.2. The van der Waals surface area contributed by atoms with E-state index < -0.39 is 6.09 Å². The molecule has 0 aliphatic rings. The van der Waals surface area contributed by atoms with Crippen molar-refractivity contribution in [3.63, 3.8) is 0 Å². The van der Waals surface area contributed by atoms with E-state index in [1.165, 1.54) is 96.3 Å². The highest BCUT2D eigenvalue weighted by Gasteiger charge is 2.06. The van der Waals surface area contributed by atoms with Crippen LogP contribution in [0.2, 0.25) is 0 Å². The highest BCUT2D eigenvalue weighted by atomic mass is 16.6. The van der Waals surface area contributed by atoms with Crippen LogP contribution < -0.4 is 11.1 Å². The zero-order valence-electron chi connectivity index (χ0n) is 19.5. The molecule has 0 aromatic heterocycles. The van der Waals surface area contributed by atoms with Gasteiger partial charge in [0.2, 0.25) is 0 Å². The van der Waals surface area contributed by atoms with E-state index in [1.54, 1.807) is 0 Å². The van der Waals surface area contributed by atoms with Crippen LogP contribution in [0.5, 0.6) is 0 Å². The van der Waals surface area contributed by atoms with E-state index in [9.17, 15) is 4.79 Å². The number of amides is 1. The molecule has 0 aliphatic heterocycles. The molecule has 0 heterocycles. The molecule has 5 heteroatoms. The lowest BCUT2D eigenvalue weighted by atomic mass is 10.0. The molecule has 0 bridgehead atoms. The van der Waals surface area contributed by atoms with Gasteiger partial charge in [0, 0.05) is 13.2 Å². The van der Waals surface area contributed by atoms with Crippen molar-refractivity contribution < 1.29 is 14.3 Å². The van der Waals surface area contributed by atoms with Gasteiger partial charge in [-0.15, -0.1) is 0 Å². The Labute approximate surface area is 180 Å². The molecule has 0 aliphatic carbocycles. The molecule has 0 saturated carbocycles. The fraction of sp³-hybridized carbons (Fsp3) is 0.958. The van der Waals surface area contributed by atoms with Gasteiger partial charge in [-0.1, -0.05) is 103 Å². The maximum atomic E-state index is 11.2. The summed E-state index contributed by atoms with van der Waals surface area (Å²) in [6.07, 6.45) is 21.5. The second-order valence-corrected chi connectivity index (χ2v) is 8.27. The summed E-state index contributed by atoms with van der Waals surface area (Å²) in [7, 11) is 0. The van der Waals surface area contributed by atoms with Crippen LogP contribution in [0.15, 0.2) is 0 Å². The summed E-state index contributed by atoms with van der Waals surface area (Å²) in [6.45, 7) is 6.07. The van der Waals surface area contributed by atoms with Crippen LogP contribution in [0.4, 0.5) is 4.79 Å². The quantitative estimate of drug-likeness (QED) is 0.203. The number of carbonyl (C=O) groups is 1. The summed E-state index contributed by atoms with van der Waals surface area (Å²) < 4.78 is 10.5. The number of nitrogens with one attached hydrogen (secondary N) is 1. The van der Waals surface area contributed by atoms with E-state index >= 15 is 0 Å². The van der Waals surface area contributed by atoms with Crippen molar-refractivity contribution in [2.24, 2.45) is 5.73 Å². The number of unbranched alkanes of at least 4 members (excludes halogenated alkanes) is 15. The van der Waals surface area contributed by atoms with Gasteiger partial charge in [-0.2, -0.15) is 0 Å². The minimum absolute atomic E-state index is 0.199. The Morgan fingerprint density at radius 3 is 1.62 bits per heavy atom. The third kappa shape index (κ3) is 23.3. The van der Waals surface area contributed by atoms with Crippen molar-refractivity contribution in [2.45, 2.75) is 123 Å². The number of alkyl carbamates (subject to hydrolysis) is 1. The molecule has 0 fully saturated rings. The fourth-order valence-electron chi connectivity index (χ4n) is 3.41. The van der Waals surface area contributed by atoms with Gasteiger partial charge in [0.15, 0.2) is 0 Å². The van der Waals surface area contributed by atoms with Crippen LogP contribution >= 0.6 is 0 Å². The first-order chi connectivity index (χ1) is 14.2. The van der Waals surface area contributed by atoms with Crippen LogP contribution in [0.25, 0.3) is 0 Å². The monoisotopic (exact) mass is 414 g/mol. The normalized spacial score (nSPS) is 12.1. The van der Waals surface area contributed by atoms with Crippen LogP contribution in [-0.4, -0.2) is 38.5 Å². The summed E-state index contributed by atoms with van der Waals surface area (Å²) in [5, 5.41) is 2.57. The SMILES string of the molecule is CCCCCCCCCCCCCCCCCCOCC(N)COC(=O)NCC. The Hall–Kier alpha value is -0.810. The predicted molar refractivity (Wildman–Crippen MR) is 123 cm³/mol. The molecule has 0 rings (SSSR count). The van der Waals surface area contributed by atoms with E-state index in [2.05, 4.69) is 12.2 Å². The third-order valence-electron chi connectivity index (χ3n) is 5.22. The number of carbonyl (C=O) groups excluding carboxylic acids is 1. The maximum absolute atomic E-state index is 11.2. The lowest BCUT2D eigenvalue weighted by Gasteiger charge is -2.12. The molecule has 1 amide bonds. The number of hydrogen-bond donors (Lipinski definition) is 2. The van der Waals surface area contributed by atoms with Crippen LogP contribution in [0.1, 0.15) is 117 Å². The molecule has 5 nitrogen and oxygen atoms in total. The molecule has 0 radical (unpaired) electrons. The van der Waals surface area contributed by atoms with Crippen molar-refractivity contribution in [2.75, 3.05) is 26.4 Å². The second-order valence-electron chi connectivity index (χ2n) is 8.27. The van der Waals surface area contributed by atoms with E-state index in [0.29, 0.717) is 13.2 Å². The highest BCUT2D eigenvalue weighted by Crippen LogP contribution is 2.13. The Morgan fingerprint density at radius 1 is 0.724 bits per heavy atom. The second kappa shape index (κ2) is 23.5. The minimum atomic E-state index is -0.416. The summed E-state index contributed by atoms with van der Waals surface area (Å²) in [5.41, 5.74) is 5.86. The van der Waals surface area contributed by atoms with Crippen LogP contribution in [-0.2, 0) is 9.47 Å². The zero-order valence-corrected chi connectivity index (χ0v) is 19.5. The van der Waals surface area contributed by atoms with Gasteiger partial charge in [0.1, 0.15) is 6.61 Å². The molecule has 1 atom stereocenters. The maximum Gasteiger partial charge on any atom is 0.407 e. The topological polar surface area (TPSA) is 73.6 Å². The number of rotatable bonds is 22. The van der Waals surface area contributed by atoms with E-state index in [0.717, 1.165) is 13.0 Å². The van der Waals surface area contributed by atoms with E-state index in [-0.39, 0.29) is 12.6 Å². The van der Waals surface area contributed by atoms with Gasteiger partial charge in [0.05, 0.1) is 12.6 Å². The minimum Gasteiger partial charge on any atom is -0.448 e. The standard InChI is InChI=1S/C24H50N2O3/c1-3-5-6-7-8-9-10-11-12-13-14-15-16-17-18-19-20-28-21-23(25)22-29-24(27)26-4-2/h23H,3-22,25H2,1-2H3,(H,26,27). The van der Waals surface area contributed by atoms with Crippen molar-refractivity contribution in [3.05, 3.63) is 0 Å². The van der Waals surface area contributed by atoms with E-state index in [4.69, 9.17) is 15.2 Å². The predicted octanol–water partition coefficient (Wildman–Crippen LogP) is 6.34. The third-order valence-corrected chi connectivity index (χ3v) is 5.22. The van der Waals surface area contributed by atoms with Crippen LogP contribution in [0.3, 0.4) is 0 Å². The van der Waals surface area contributed by atoms with Gasteiger partial charge < -0.3 is 20.5 Å². The Balaban J connectivity index is 3.14. The number of nitrogens with two attached hydrogens (primary N) is 1. The van der Waals surface area contributed by atoms with Crippen molar-refractivity contribution in [1.82, 2.24) is 5.32 Å². The Bertz CT molecular complexity index is 340. The summed E-state index contributed by atoms with van der Waals surface area (Å²) in [5.74, 6) is 0. The lowest BCUT2D eigenvalue weighted by Crippen LogP contribution is -2.35.